The zero-order valence-corrected chi connectivity index (χ0v) is 15.6. The second-order valence-corrected chi connectivity index (χ2v) is 6.34. The number of carbonyl (C=O) groups is 2. The van der Waals surface area contributed by atoms with Crippen molar-refractivity contribution in [2.24, 2.45) is 0 Å². The number of carbonyl (C=O) groups excluding carboxylic acids is 2. The summed E-state index contributed by atoms with van der Waals surface area (Å²) in [4.78, 5) is 23.7. The van der Waals surface area contributed by atoms with Gasteiger partial charge in [0.1, 0.15) is 0 Å². The number of rotatable bonds is 9. The monoisotopic (exact) mass is 373 g/mol. The van der Waals surface area contributed by atoms with Crippen LogP contribution < -0.4 is 16.0 Å². The van der Waals surface area contributed by atoms with Gasteiger partial charge >= 0.3 is 0 Å². The molecular weight excluding hydrogens is 350 g/mol. The van der Waals surface area contributed by atoms with Crippen molar-refractivity contribution in [3.63, 3.8) is 0 Å². The van der Waals surface area contributed by atoms with Crippen LogP contribution in [0.3, 0.4) is 0 Å². The minimum Gasteiger partial charge on any atom is -0.375 e. The first-order valence-electron chi connectivity index (χ1n) is 8.72. The predicted molar refractivity (Wildman–Crippen MR) is 107 cm³/mol. The minimum absolute atomic E-state index is 0.0422. The second-order valence-electron chi connectivity index (χ2n) is 5.93. The molecule has 26 heavy (non-hydrogen) atoms. The SMILES string of the molecule is CCCC(=O)Nc1ccc(Cl)c(NCC(=O)NCCc2ccccc2)c1. The maximum Gasteiger partial charge on any atom is 0.239 e. The van der Waals surface area contributed by atoms with E-state index in [1.165, 1.54) is 5.56 Å². The second kappa shape index (κ2) is 10.5. The molecule has 138 valence electrons. The molecule has 0 aromatic heterocycles. The van der Waals surface area contributed by atoms with Crippen LogP contribution in [0.25, 0.3) is 0 Å². The predicted octanol–water partition coefficient (Wildman–Crippen LogP) is 3.85. The maximum atomic E-state index is 12.0. The number of nitrogens with one attached hydrogen (secondary N) is 3. The van der Waals surface area contributed by atoms with Gasteiger partial charge in [0.05, 0.1) is 17.3 Å². The number of amides is 2. The van der Waals surface area contributed by atoms with E-state index < -0.39 is 0 Å². The summed E-state index contributed by atoms with van der Waals surface area (Å²) < 4.78 is 0. The molecule has 2 amide bonds. The minimum atomic E-state index is -0.114. The third-order valence-corrected chi connectivity index (χ3v) is 4.07. The van der Waals surface area contributed by atoms with Crippen molar-refractivity contribution in [3.8, 4) is 0 Å². The van der Waals surface area contributed by atoms with Gasteiger partial charge in [0, 0.05) is 18.7 Å². The van der Waals surface area contributed by atoms with Gasteiger partial charge in [-0.3, -0.25) is 9.59 Å². The molecule has 0 bridgehead atoms. The van der Waals surface area contributed by atoms with E-state index in [0.717, 1.165) is 12.8 Å². The summed E-state index contributed by atoms with van der Waals surface area (Å²) >= 11 is 6.15. The van der Waals surface area contributed by atoms with Crippen LogP contribution in [0.1, 0.15) is 25.3 Å². The summed E-state index contributed by atoms with van der Waals surface area (Å²) in [5.41, 5.74) is 2.44. The largest absolute Gasteiger partial charge is 0.375 e. The molecule has 6 heteroatoms. The average molecular weight is 374 g/mol. The van der Waals surface area contributed by atoms with Gasteiger partial charge in [-0.2, -0.15) is 0 Å². The fourth-order valence-electron chi connectivity index (χ4n) is 2.42. The van der Waals surface area contributed by atoms with Crippen LogP contribution in [-0.2, 0) is 16.0 Å². The first-order chi connectivity index (χ1) is 12.6. The van der Waals surface area contributed by atoms with E-state index in [0.29, 0.717) is 29.4 Å². The fraction of sp³-hybridized carbons (Fsp3) is 0.300. The highest BCUT2D eigenvalue weighted by Crippen LogP contribution is 2.25. The lowest BCUT2D eigenvalue weighted by molar-refractivity contribution is -0.119. The molecule has 0 heterocycles. The zero-order valence-electron chi connectivity index (χ0n) is 14.8. The van der Waals surface area contributed by atoms with Crippen LogP contribution in [0.2, 0.25) is 5.02 Å². The highest BCUT2D eigenvalue weighted by Gasteiger charge is 2.07. The van der Waals surface area contributed by atoms with Gasteiger partial charge < -0.3 is 16.0 Å². The molecule has 0 saturated carbocycles. The van der Waals surface area contributed by atoms with Gasteiger partial charge in [0.25, 0.3) is 0 Å². The Labute approximate surface area is 159 Å². The summed E-state index contributed by atoms with van der Waals surface area (Å²) in [6.07, 6.45) is 2.04. The normalized spacial score (nSPS) is 10.2. The van der Waals surface area contributed by atoms with Gasteiger partial charge in [-0.1, -0.05) is 48.9 Å². The van der Waals surface area contributed by atoms with Gasteiger partial charge in [-0.05, 0) is 36.6 Å². The Kier molecular flexibility index (Phi) is 7.96. The first-order valence-corrected chi connectivity index (χ1v) is 9.10. The van der Waals surface area contributed by atoms with Gasteiger partial charge in [-0.15, -0.1) is 0 Å². The molecule has 0 radical (unpaired) electrons. The lowest BCUT2D eigenvalue weighted by atomic mass is 10.1. The molecule has 3 N–H and O–H groups in total. The maximum absolute atomic E-state index is 12.0. The molecule has 0 unspecified atom stereocenters. The van der Waals surface area contributed by atoms with Crippen LogP contribution in [-0.4, -0.2) is 24.9 Å². The number of hydrogen-bond donors (Lipinski definition) is 3. The molecule has 0 saturated heterocycles. The molecule has 5 nitrogen and oxygen atoms in total. The molecule has 0 spiro atoms. The van der Waals surface area contributed by atoms with Crippen molar-refractivity contribution in [3.05, 3.63) is 59.1 Å². The van der Waals surface area contributed by atoms with Crippen molar-refractivity contribution in [1.29, 1.82) is 0 Å². The molecule has 2 rings (SSSR count). The highest BCUT2D eigenvalue weighted by atomic mass is 35.5. The third kappa shape index (κ3) is 6.76. The van der Waals surface area contributed by atoms with E-state index in [1.807, 2.05) is 37.3 Å². The van der Waals surface area contributed by atoms with E-state index in [1.54, 1.807) is 18.2 Å². The summed E-state index contributed by atoms with van der Waals surface area (Å²) in [6.45, 7) is 2.64. The van der Waals surface area contributed by atoms with Crippen LogP contribution in [0.4, 0.5) is 11.4 Å². The Balaban J connectivity index is 1.80. The summed E-state index contributed by atoms with van der Waals surface area (Å²) in [5.74, 6) is -0.156. The Morgan fingerprint density at radius 2 is 1.81 bits per heavy atom. The Hall–Kier alpha value is -2.53. The van der Waals surface area contributed by atoms with Crippen molar-refractivity contribution in [1.82, 2.24) is 5.32 Å². The van der Waals surface area contributed by atoms with Crippen molar-refractivity contribution < 1.29 is 9.59 Å². The Morgan fingerprint density at radius 1 is 1.04 bits per heavy atom. The molecule has 2 aromatic carbocycles. The molecular formula is C20H24ClN3O2. The quantitative estimate of drug-likeness (QED) is 0.625. The third-order valence-electron chi connectivity index (χ3n) is 3.75. The van der Waals surface area contributed by atoms with Crippen LogP contribution >= 0.6 is 11.6 Å². The van der Waals surface area contributed by atoms with E-state index in [2.05, 4.69) is 16.0 Å². The summed E-state index contributed by atoms with van der Waals surface area (Å²) in [5, 5.41) is 9.19. The van der Waals surface area contributed by atoms with Gasteiger partial charge in [-0.25, -0.2) is 0 Å². The lowest BCUT2D eigenvalue weighted by Gasteiger charge is -2.12. The van der Waals surface area contributed by atoms with Crippen molar-refractivity contribution >= 4 is 34.8 Å². The number of hydrogen-bond acceptors (Lipinski definition) is 3. The summed E-state index contributed by atoms with van der Waals surface area (Å²) in [6, 6.07) is 15.1. The Bertz CT molecular complexity index is 735. The van der Waals surface area contributed by atoms with Crippen LogP contribution in [0, 0.1) is 0 Å². The molecule has 0 atom stereocenters. The number of anilines is 2. The first kappa shape index (κ1) is 19.8. The Morgan fingerprint density at radius 3 is 2.54 bits per heavy atom. The van der Waals surface area contributed by atoms with Gasteiger partial charge in [0.15, 0.2) is 0 Å². The van der Waals surface area contributed by atoms with E-state index in [4.69, 9.17) is 11.6 Å². The summed E-state index contributed by atoms with van der Waals surface area (Å²) in [7, 11) is 0. The topological polar surface area (TPSA) is 70.2 Å². The van der Waals surface area contributed by atoms with Crippen molar-refractivity contribution in [2.45, 2.75) is 26.2 Å². The molecule has 0 aliphatic rings. The van der Waals surface area contributed by atoms with E-state index in [-0.39, 0.29) is 18.4 Å². The lowest BCUT2D eigenvalue weighted by Crippen LogP contribution is -2.31. The molecule has 0 fully saturated rings. The smallest absolute Gasteiger partial charge is 0.239 e. The molecule has 0 aliphatic carbocycles. The molecule has 0 aliphatic heterocycles. The standard InChI is InChI=1S/C20H24ClN3O2/c1-2-6-19(25)24-16-9-10-17(21)18(13-16)23-14-20(26)22-12-11-15-7-4-3-5-8-15/h3-5,7-10,13,23H,2,6,11-12,14H2,1H3,(H,22,26)(H,24,25). The number of benzene rings is 2. The van der Waals surface area contributed by atoms with Crippen molar-refractivity contribution in [2.75, 3.05) is 23.7 Å². The fourth-order valence-corrected chi connectivity index (χ4v) is 2.60. The van der Waals surface area contributed by atoms with Crippen LogP contribution in [0.5, 0.6) is 0 Å². The van der Waals surface area contributed by atoms with Gasteiger partial charge in [0.2, 0.25) is 11.8 Å². The number of halogens is 1. The zero-order chi connectivity index (χ0) is 18.8. The van der Waals surface area contributed by atoms with E-state index in [9.17, 15) is 9.59 Å². The highest BCUT2D eigenvalue weighted by molar-refractivity contribution is 6.33. The average Bonchev–Trinajstić information content (AvgIpc) is 2.63. The van der Waals surface area contributed by atoms with E-state index >= 15 is 0 Å². The molecule has 2 aromatic rings. The van der Waals surface area contributed by atoms with Crippen LogP contribution in [0.15, 0.2) is 48.5 Å².